The van der Waals surface area contributed by atoms with Gasteiger partial charge < -0.3 is 9.80 Å². The average molecular weight is 421 g/mol. The lowest BCUT2D eigenvalue weighted by molar-refractivity contribution is -0.146. The largest absolute Gasteiger partial charge is 0.348 e. The quantitative estimate of drug-likeness (QED) is 0.681. The van der Waals surface area contributed by atoms with Crippen LogP contribution in [0.5, 0.6) is 0 Å². The number of piperidine rings is 1. The van der Waals surface area contributed by atoms with Crippen LogP contribution in [-0.4, -0.2) is 48.8 Å². The normalized spacial score (nSPS) is 16.1. The van der Waals surface area contributed by atoms with Crippen LogP contribution in [0.1, 0.15) is 45.6 Å². The van der Waals surface area contributed by atoms with Crippen LogP contribution in [0.2, 0.25) is 0 Å². The van der Waals surface area contributed by atoms with E-state index in [1.165, 1.54) is 16.7 Å². The third kappa shape index (κ3) is 5.55. The maximum atomic E-state index is 13.4. The van der Waals surface area contributed by atoms with Gasteiger partial charge in [-0.15, -0.1) is 0 Å². The van der Waals surface area contributed by atoms with Crippen molar-refractivity contribution in [2.24, 2.45) is 10.8 Å². The summed E-state index contributed by atoms with van der Waals surface area (Å²) in [6.07, 6.45) is 2.63. The van der Waals surface area contributed by atoms with Gasteiger partial charge in [-0.3, -0.25) is 9.59 Å². The fraction of sp³-hybridized carbons (Fsp3) is 0.481. The molecule has 1 aliphatic heterocycles. The molecule has 2 amide bonds. The highest BCUT2D eigenvalue weighted by molar-refractivity contribution is 5.84. The van der Waals surface area contributed by atoms with Crippen molar-refractivity contribution >= 4 is 11.8 Å². The van der Waals surface area contributed by atoms with Crippen LogP contribution in [-0.2, 0) is 16.0 Å². The number of amides is 2. The van der Waals surface area contributed by atoms with E-state index in [9.17, 15) is 9.59 Å². The Kier molecular flexibility index (Phi) is 6.88. The summed E-state index contributed by atoms with van der Waals surface area (Å²) in [5, 5.41) is 0. The van der Waals surface area contributed by atoms with Crippen molar-refractivity contribution in [3.63, 3.8) is 0 Å². The minimum atomic E-state index is -0.479. The van der Waals surface area contributed by atoms with E-state index in [0.717, 1.165) is 0 Å². The molecule has 166 valence electrons. The van der Waals surface area contributed by atoms with Gasteiger partial charge in [0.2, 0.25) is 11.8 Å². The summed E-state index contributed by atoms with van der Waals surface area (Å²) in [6, 6.07) is 18.7. The van der Waals surface area contributed by atoms with Crippen molar-refractivity contribution in [1.29, 1.82) is 0 Å². The van der Waals surface area contributed by atoms with Gasteiger partial charge in [-0.2, -0.15) is 0 Å². The number of hydrogen-bond donors (Lipinski definition) is 0. The summed E-state index contributed by atoms with van der Waals surface area (Å²) in [6.45, 7) is 7.56. The van der Waals surface area contributed by atoms with Gasteiger partial charge in [0, 0.05) is 33.6 Å². The molecule has 1 heterocycles. The first-order valence-electron chi connectivity index (χ1n) is 11.2. The SMILES string of the molecule is CN(C)C(=O)C1(Cc2ccccc2-c2ccccc2)CCN(C(=O)CC(C)(C)C)CC1. The zero-order valence-electron chi connectivity index (χ0n) is 19.6. The van der Waals surface area contributed by atoms with Crippen LogP contribution in [0.4, 0.5) is 0 Å². The molecule has 0 aliphatic carbocycles. The first-order valence-corrected chi connectivity index (χ1v) is 11.2. The van der Waals surface area contributed by atoms with Crippen molar-refractivity contribution in [3.8, 4) is 11.1 Å². The van der Waals surface area contributed by atoms with Crippen molar-refractivity contribution in [2.75, 3.05) is 27.2 Å². The number of rotatable bonds is 5. The van der Waals surface area contributed by atoms with Crippen LogP contribution in [0.25, 0.3) is 11.1 Å². The van der Waals surface area contributed by atoms with Crippen molar-refractivity contribution in [2.45, 2.75) is 46.5 Å². The van der Waals surface area contributed by atoms with Gasteiger partial charge in [0.15, 0.2) is 0 Å². The Balaban J connectivity index is 1.86. The van der Waals surface area contributed by atoms with Crippen molar-refractivity contribution < 1.29 is 9.59 Å². The lowest BCUT2D eigenvalue weighted by Crippen LogP contribution is -2.51. The molecular formula is C27H36N2O2. The summed E-state index contributed by atoms with van der Waals surface area (Å²) in [4.78, 5) is 29.8. The Morgan fingerprint density at radius 1 is 0.935 bits per heavy atom. The molecular weight excluding hydrogens is 384 g/mol. The minimum absolute atomic E-state index is 0.0281. The topological polar surface area (TPSA) is 40.6 Å². The van der Waals surface area contributed by atoms with Crippen molar-refractivity contribution in [3.05, 3.63) is 60.2 Å². The van der Waals surface area contributed by atoms with Gasteiger partial charge in [-0.25, -0.2) is 0 Å². The molecule has 2 aromatic carbocycles. The van der Waals surface area contributed by atoms with E-state index in [1.54, 1.807) is 4.90 Å². The second-order valence-electron chi connectivity index (χ2n) is 10.3. The monoisotopic (exact) mass is 420 g/mol. The number of likely N-dealkylation sites (tertiary alicyclic amines) is 1. The van der Waals surface area contributed by atoms with E-state index >= 15 is 0 Å². The molecule has 0 radical (unpaired) electrons. The summed E-state index contributed by atoms with van der Waals surface area (Å²) in [7, 11) is 3.68. The maximum Gasteiger partial charge on any atom is 0.228 e. The molecule has 31 heavy (non-hydrogen) atoms. The molecule has 0 atom stereocenters. The van der Waals surface area contributed by atoms with Crippen LogP contribution in [0.3, 0.4) is 0 Å². The Morgan fingerprint density at radius 3 is 2.10 bits per heavy atom. The Labute approximate surface area is 187 Å². The zero-order chi connectivity index (χ0) is 22.6. The predicted octanol–water partition coefficient (Wildman–Crippen LogP) is 5.03. The Hall–Kier alpha value is -2.62. The average Bonchev–Trinajstić information content (AvgIpc) is 2.73. The van der Waals surface area contributed by atoms with Gasteiger partial charge in [0.25, 0.3) is 0 Å². The zero-order valence-corrected chi connectivity index (χ0v) is 19.6. The molecule has 0 saturated carbocycles. The number of carbonyl (C=O) groups excluding carboxylic acids is 2. The highest BCUT2D eigenvalue weighted by atomic mass is 16.2. The number of hydrogen-bond acceptors (Lipinski definition) is 2. The molecule has 0 bridgehead atoms. The van der Waals surface area contributed by atoms with E-state index < -0.39 is 5.41 Å². The van der Waals surface area contributed by atoms with Crippen LogP contribution < -0.4 is 0 Å². The van der Waals surface area contributed by atoms with E-state index in [-0.39, 0.29) is 17.2 Å². The van der Waals surface area contributed by atoms with Gasteiger partial charge in [0.05, 0.1) is 5.41 Å². The molecule has 0 spiro atoms. The fourth-order valence-corrected chi connectivity index (χ4v) is 4.63. The second-order valence-corrected chi connectivity index (χ2v) is 10.3. The maximum absolute atomic E-state index is 13.4. The van der Waals surface area contributed by atoms with Gasteiger partial charge >= 0.3 is 0 Å². The third-order valence-corrected chi connectivity index (χ3v) is 6.25. The highest BCUT2D eigenvalue weighted by Crippen LogP contribution is 2.39. The van der Waals surface area contributed by atoms with Gasteiger partial charge in [-0.1, -0.05) is 75.4 Å². The first-order chi connectivity index (χ1) is 14.6. The van der Waals surface area contributed by atoms with E-state index in [4.69, 9.17) is 0 Å². The standard InChI is InChI=1S/C27H36N2O2/c1-26(2,3)20-24(30)29-17-15-27(16-18-29,25(31)28(4)5)19-22-13-9-10-14-23(22)21-11-7-6-8-12-21/h6-14H,15-20H2,1-5H3. The van der Waals surface area contributed by atoms with Gasteiger partial charge in [-0.05, 0) is 41.4 Å². The smallest absolute Gasteiger partial charge is 0.228 e. The molecule has 2 aromatic rings. The van der Waals surface area contributed by atoms with Crippen LogP contribution >= 0.6 is 0 Å². The Bertz CT molecular complexity index is 904. The van der Waals surface area contributed by atoms with E-state index in [0.29, 0.717) is 38.8 Å². The predicted molar refractivity (Wildman–Crippen MR) is 127 cm³/mol. The molecule has 1 saturated heterocycles. The fourth-order valence-electron chi connectivity index (χ4n) is 4.63. The molecule has 0 N–H and O–H groups in total. The second kappa shape index (κ2) is 9.25. The molecule has 1 fully saturated rings. The Morgan fingerprint density at radius 2 is 1.52 bits per heavy atom. The highest BCUT2D eigenvalue weighted by Gasteiger charge is 2.43. The molecule has 4 nitrogen and oxygen atoms in total. The number of nitrogens with zero attached hydrogens (tertiary/aromatic N) is 2. The van der Waals surface area contributed by atoms with Gasteiger partial charge in [0.1, 0.15) is 0 Å². The van der Waals surface area contributed by atoms with Crippen LogP contribution in [0, 0.1) is 10.8 Å². The minimum Gasteiger partial charge on any atom is -0.348 e. The lowest BCUT2D eigenvalue weighted by atomic mass is 9.71. The van der Waals surface area contributed by atoms with Crippen molar-refractivity contribution in [1.82, 2.24) is 9.80 Å². The lowest BCUT2D eigenvalue weighted by Gasteiger charge is -2.43. The number of benzene rings is 2. The molecule has 0 unspecified atom stereocenters. The first kappa shape index (κ1) is 23.1. The molecule has 1 aliphatic rings. The molecule has 3 rings (SSSR count). The van der Waals surface area contributed by atoms with E-state index in [1.807, 2.05) is 37.2 Å². The summed E-state index contributed by atoms with van der Waals surface area (Å²) in [5.41, 5.74) is 3.04. The molecule has 0 aromatic heterocycles. The molecule has 4 heteroatoms. The van der Waals surface area contributed by atoms with E-state index in [2.05, 4.69) is 57.2 Å². The summed E-state index contributed by atoms with van der Waals surface area (Å²) < 4.78 is 0. The summed E-state index contributed by atoms with van der Waals surface area (Å²) >= 11 is 0. The number of carbonyl (C=O) groups is 2. The third-order valence-electron chi connectivity index (χ3n) is 6.25. The summed E-state index contributed by atoms with van der Waals surface area (Å²) in [5.74, 6) is 0.362. The van der Waals surface area contributed by atoms with Crippen LogP contribution in [0.15, 0.2) is 54.6 Å².